The molecule has 0 unspecified atom stereocenters. The van der Waals surface area contributed by atoms with Crippen molar-refractivity contribution in [2.45, 2.75) is 27.7 Å². The smallest absolute Gasteiger partial charge is 0.119 e. The first kappa shape index (κ1) is 17.9. The summed E-state index contributed by atoms with van der Waals surface area (Å²) < 4.78 is 11.4. The van der Waals surface area contributed by atoms with E-state index in [1.54, 1.807) is 0 Å². The number of benzene rings is 2. The van der Waals surface area contributed by atoms with Crippen molar-refractivity contribution in [1.82, 2.24) is 0 Å². The Kier molecular flexibility index (Phi) is 6.75. The predicted molar refractivity (Wildman–Crippen MR) is 99.5 cm³/mol. The highest BCUT2D eigenvalue weighted by Crippen LogP contribution is 2.14. The Morgan fingerprint density at radius 2 is 0.958 bits per heavy atom. The van der Waals surface area contributed by atoms with Crippen molar-refractivity contribution in [2.24, 2.45) is 11.8 Å². The first-order valence-corrected chi connectivity index (χ1v) is 8.50. The molecule has 0 heterocycles. The summed E-state index contributed by atoms with van der Waals surface area (Å²) in [5.41, 5.74) is 1.96. The Morgan fingerprint density at radius 1 is 0.625 bits per heavy atom. The van der Waals surface area contributed by atoms with Gasteiger partial charge in [0.2, 0.25) is 0 Å². The molecular formula is C22H26O2. The number of hydrogen-bond donors (Lipinski definition) is 0. The molecule has 24 heavy (non-hydrogen) atoms. The van der Waals surface area contributed by atoms with Crippen LogP contribution in [0.5, 0.6) is 11.5 Å². The monoisotopic (exact) mass is 322 g/mol. The van der Waals surface area contributed by atoms with Crippen LogP contribution in [0.1, 0.15) is 38.8 Å². The van der Waals surface area contributed by atoms with Crippen LogP contribution in [0.3, 0.4) is 0 Å². The molecule has 2 aromatic rings. The van der Waals surface area contributed by atoms with Crippen LogP contribution in [0.25, 0.3) is 0 Å². The first-order chi connectivity index (χ1) is 11.5. The Labute approximate surface area is 145 Å². The first-order valence-electron chi connectivity index (χ1n) is 8.50. The molecule has 0 aliphatic rings. The highest BCUT2D eigenvalue weighted by atomic mass is 16.5. The van der Waals surface area contributed by atoms with Crippen molar-refractivity contribution in [3.8, 4) is 23.3 Å². The predicted octanol–water partition coefficient (Wildman–Crippen LogP) is 5.16. The lowest BCUT2D eigenvalue weighted by atomic mass is 10.1. The van der Waals surface area contributed by atoms with Crippen molar-refractivity contribution in [2.75, 3.05) is 13.2 Å². The summed E-state index contributed by atoms with van der Waals surface area (Å²) in [7, 11) is 0. The molecule has 2 rings (SSSR count). The summed E-state index contributed by atoms with van der Waals surface area (Å²) in [5.74, 6) is 9.18. The molecule has 0 N–H and O–H groups in total. The minimum Gasteiger partial charge on any atom is -0.493 e. The molecule has 0 saturated heterocycles. The Morgan fingerprint density at radius 3 is 1.25 bits per heavy atom. The van der Waals surface area contributed by atoms with Gasteiger partial charge in [0.05, 0.1) is 13.2 Å². The molecule has 0 fully saturated rings. The molecule has 0 bridgehead atoms. The van der Waals surface area contributed by atoms with Crippen LogP contribution in [0.4, 0.5) is 0 Å². The molecule has 0 atom stereocenters. The van der Waals surface area contributed by atoms with Gasteiger partial charge in [0.25, 0.3) is 0 Å². The Hall–Kier alpha value is -2.40. The maximum atomic E-state index is 5.68. The lowest BCUT2D eigenvalue weighted by Gasteiger charge is -2.08. The van der Waals surface area contributed by atoms with Crippen LogP contribution in [-0.2, 0) is 0 Å². The van der Waals surface area contributed by atoms with E-state index in [1.165, 1.54) is 0 Å². The topological polar surface area (TPSA) is 18.5 Å². The van der Waals surface area contributed by atoms with E-state index in [2.05, 4.69) is 39.5 Å². The van der Waals surface area contributed by atoms with Crippen LogP contribution in [0, 0.1) is 23.7 Å². The van der Waals surface area contributed by atoms with Crippen molar-refractivity contribution in [3.63, 3.8) is 0 Å². The fourth-order valence-corrected chi connectivity index (χ4v) is 1.94. The van der Waals surface area contributed by atoms with E-state index in [0.29, 0.717) is 11.8 Å². The van der Waals surface area contributed by atoms with E-state index >= 15 is 0 Å². The van der Waals surface area contributed by atoms with Crippen molar-refractivity contribution < 1.29 is 9.47 Å². The van der Waals surface area contributed by atoms with Gasteiger partial charge in [0.15, 0.2) is 0 Å². The molecular weight excluding hydrogens is 296 g/mol. The molecule has 0 aliphatic carbocycles. The lowest BCUT2D eigenvalue weighted by molar-refractivity contribution is 0.271. The van der Waals surface area contributed by atoms with E-state index in [4.69, 9.17) is 9.47 Å². The summed E-state index contributed by atoms with van der Waals surface area (Å²) in [6.45, 7) is 10.0. The normalized spacial score (nSPS) is 10.4. The van der Waals surface area contributed by atoms with Gasteiger partial charge < -0.3 is 9.47 Å². The maximum Gasteiger partial charge on any atom is 0.119 e. The van der Waals surface area contributed by atoms with Crippen LogP contribution < -0.4 is 9.47 Å². The van der Waals surface area contributed by atoms with Crippen LogP contribution in [-0.4, -0.2) is 13.2 Å². The quantitative estimate of drug-likeness (QED) is 0.684. The number of rotatable bonds is 6. The molecule has 2 aromatic carbocycles. The minimum atomic E-state index is 0.525. The zero-order chi connectivity index (χ0) is 17.4. The third-order valence-corrected chi connectivity index (χ3v) is 3.23. The van der Waals surface area contributed by atoms with Gasteiger partial charge in [-0.1, -0.05) is 39.5 Å². The SMILES string of the molecule is CC(C)COc1ccc(C#Cc2ccc(OCC(C)C)cc2)cc1. The van der Waals surface area contributed by atoms with E-state index in [0.717, 1.165) is 35.8 Å². The largest absolute Gasteiger partial charge is 0.493 e. The molecule has 0 spiro atoms. The molecule has 126 valence electrons. The average molecular weight is 322 g/mol. The van der Waals surface area contributed by atoms with Gasteiger partial charge in [-0.2, -0.15) is 0 Å². The highest BCUT2D eigenvalue weighted by molar-refractivity contribution is 5.45. The summed E-state index contributed by atoms with van der Waals surface area (Å²) in [5, 5.41) is 0. The molecule has 0 amide bonds. The number of hydrogen-bond acceptors (Lipinski definition) is 2. The second kappa shape index (κ2) is 9.03. The van der Waals surface area contributed by atoms with Crippen molar-refractivity contribution in [1.29, 1.82) is 0 Å². The molecule has 0 aromatic heterocycles. The molecule has 0 radical (unpaired) electrons. The summed E-state index contributed by atoms with van der Waals surface area (Å²) in [6, 6.07) is 15.8. The van der Waals surface area contributed by atoms with Gasteiger partial charge in [0.1, 0.15) is 11.5 Å². The molecule has 0 aliphatic heterocycles. The molecule has 2 nitrogen and oxygen atoms in total. The van der Waals surface area contributed by atoms with Crippen LogP contribution >= 0.6 is 0 Å². The van der Waals surface area contributed by atoms with Gasteiger partial charge in [-0.3, -0.25) is 0 Å². The third kappa shape index (κ3) is 6.38. The van der Waals surface area contributed by atoms with E-state index in [-0.39, 0.29) is 0 Å². The van der Waals surface area contributed by atoms with Gasteiger partial charge in [-0.05, 0) is 60.4 Å². The van der Waals surface area contributed by atoms with E-state index in [9.17, 15) is 0 Å². The Balaban J connectivity index is 1.94. The third-order valence-electron chi connectivity index (χ3n) is 3.23. The van der Waals surface area contributed by atoms with Crippen molar-refractivity contribution >= 4 is 0 Å². The second-order valence-electron chi connectivity index (χ2n) is 6.71. The fraction of sp³-hybridized carbons (Fsp3) is 0.364. The van der Waals surface area contributed by atoms with Gasteiger partial charge in [-0.25, -0.2) is 0 Å². The molecule has 2 heteroatoms. The van der Waals surface area contributed by atoms with Crippen LogP contribution in [0.2, 0.25) is 0 Å². The summed E-state index contributed by atoms with van der Waals surface area (Å²) in [4.78, 5) is 0. The second-order valence-corrected chi connectivity index (χ2v) is 6.71. The minimum absolute atomic E-state index is 0.525. The summed E-state index contributed by atoms with van der Waals surface area (Å²) >= 11 is 0. The average Bonchev–Trinajstić information content (AvgIpc) is 2.58. The highest BCUT2D eigenvalue weighted by Gasteiger charge is 1.98. The van der Waals surface area contributed by atoms with Gasteiger partial charge >= 0.3 is 0 Å². The summed E-state index contributed by atoms with van der Waals surface area (Å²) in [6.07, 6.45) is 0. The lowest BCUT2D eigenvalue weighted by Crippen LogP contribution is -2.04. The van der Waals surface area contributed by atoms with E-state index < -0.39 is 0 Å². The number of ether oxygens (including phenoxy) is 2. The van der Waals surface area contributed by atoms with Gasteiger partial charge in [0, 0.05) is 11.1 Å². The van der Waals surface area contributed by atoms with Crippen LogP contribution in [0.15, 0.2) is 48.5 Å². The Bertz CT molecular complexity index is 611. The zero-order valence-electron chi connectivity index (χ0n) is 15.0. The molecule has 0 saturated carbocycles. The van der Waals surface area contributed by atoms with Crippen molar-refractivity contribution in [3.05, 3.63) is 59.7 Å². The maximum absolute atomic E-state index is 5.68. The zero-order valence-corrected chi connectivity index (χ0v) is 15.0. The standard InChI is InChI=1S/C22H26O2/c1-17(2)15-23-21-11-7-19(8-12-21)5-6-20-9-13-22(14-10-20)24-16-18(3)4/h7-14,17-18H,15-16H2,1-4H3. The van der Waals surface area contributed by atoms with Gasteiger partial charge in [-0.15, -0.1) is 0 Å². The van der Waals surface area contributed by atoms with E-state index in [1.807, 2.05) is 48.5 Å². The fourth-order valence-electron chi connectivity index (χ4n) is 1.94.